The van der Waals surface area contributed by atoms with Crippen LogP contribution in [0.3, 0.4) is 0 Å². The maximum Gasteiger partial charge on any atom is 0.413 e. The summed E-state index contributed by atoms with van der Waals surface area (Å²) >= 11 is 4.84. The van der Waals surface area contributed by atoms with E-state index in [1.165, 1.54) is 11.3 Å². The summed E-state index contributed by atoms with van der Waals surface area (Å²) in [6.45, 7) is 5.46. The molecule has 0 saturated carbocycles. The van der Waals surface area contributed by atoms with E-state index in [0.29, 0.717) is 5.13 Å². The molecule has 0 aliphatic rings. The predicted molar refractivity (Wildman–Crippen MR) is 77.2 cm³/mol. The topological polar surface area (TPSA) is 51.2 Å². The zero-order valence-corrected chi connectivity index (χ0v) is 12.7. The van der Waals surface area contributed by atoms with Gasteiger partial charge in [0.15, 0.2) is 5.13 Å². The monoisotopic (exact) mass is 328 g/mol. The fourth-order valence-electron chi connectivity index (χ4n) is 1.36. The summed E-state index contributed by atoms with van der Waals surface area (Å²) in [7, 11) is 0. The van der Waals surface area contributed by atoms with Crippen LogP contribution in [0.15, 0.2) is 22.7 Å². The molecule has 4 nitrogen and oxygen atoms in total. The summed E-state index contributed by atoms with van der Waals surface area (Å²) in [4.78, 5) is 16.0. The Balaban J connectivity index is 2.18. The van der Waals surface area contributed by atoms with Crippen LogP contribution in [0.5, 0.6) is 0 Å². The van der Waals surface area contributed by atoms with Crippen LogP contribution in [0.25, 0.3) is 10.2 Å². The quantitative estimate of drug-likeness (QED) is 0.843. The first-order valence-corrected chi connectivity index (χ1v) is 7.01. The standard InChI is InChI=1S/C12H13BrN2O2S/c1-12(2,3)17-11(16)15-10-14-9-7(13)5-4-6-8(9)18-10/h4-6H,1-3H3,(H,14,15,16). The Morgan fingerprint density at radius 3 is 2.78 bits per heavy atom. The van der Waals surface area contributed by atoms with Gasteiger partial charge in [0.25, 0.3) is 0 Å². The average molecular weight is 329 g/mol. The molecule has 2 rings (SSSR count). The Bertz CT molecular complexity index is 589. The summed E-state index contributed by atoms with van der Waals surface area (Å²) in [5.74, 6) is 0. The molecule has 1 N–H and O–H groups in total. The number of anilines is 1. The molecule has 0 bridgehead atoms. The number of aromatic nitrogens is 1. The average Bonchev–Trinajstić information content (AvgIpc) is 2.58. The maximum atomic E-state index is 11.6. The van der Waals surface area contributed by atoms with Crippen LogP contribution in [0.1, 0.15) is 20.8 Å². The SMILES string of the molecule is CC(C)(C)OC(=O)Nc1nc2c(Br)cccc2s1. The number of para-hydroxylation sites is 1. The molecule has 1 aromatic heterocycles. The van der Waals surface area contributed by atoms with Crippen molar-refractivity contribution in [1.29, 1.82) is 0 Å². The number of fused-ring (bicyclic) bond motifs is 1. The second-order valence-electron chi connectivity index (χ2n) is 4.73. The predicted octanol–water partition coefficient (Wildman–Crippen LogP) is 4.41. The molecule has 2 aromatic rings. The molecular weight excluding hydrogens is 316 g/mol. The molecule has 0 radical (unpaired) electrons. The Morgan fingerprint density at radius 2 is 2.17 bits per heavy atom. The van der Waals surface area contributed by atoms with Gasteiger partial charge < -0.3 is 4.74 Å². The number of benzene rings is 1. The lowest BCUT2D eigenvalue weighted by molar-refractivity contribution is 0.0636. The molecular formula is C12H13BrN2O2S. The van der Waals surface area contributed by atoms with Gasteiger partial charge in [0.2, 0.25) is 0 Å². The minimum Gasteiger partial charge on any atom is -0.444 e. The highest BCUT2D eigenvalue weighted by molar-refractivity contribution is 9.10. The molecule has 1 heterocycles. The van der Waals surface area contributed by atoms with Gasteiger partial charge in [-0.15, -0.1) is 0 Å². The third-order valence-corrected chi connectivity index (χ3v) is 3.55. The molecule has 1 aromatic carbocycles. The number of carbonyl (C=O) groups excluding carboxylic acids is 1. The lowest BCUT2D eigenvalue weighted by Crippen LogP contribution is -2.27. The van der Waals surface area contributed by atoms with Crippen molar-refractivity contribution < 1.29 is 9.53 Å². The van der Waals surface area contributed by atoms with Crippen molar-refractivity contribution in [2.75, 3.05) is 5.32 Å². The van der Waals surface area contributed by atoms with Gasteiger partial charge in [-0.05, 0) is 48.8 Å². The number of hydrogen-bond acceptors (Lipinski definition) is 4. The molecule has 0 aliphatic carbocycles. The van der Waals surface area contributed by atoms with Gasteiger partial charge in [0.1, 0.15) is 5.60 Å². The Labute approximate surface area is 117 Å². The van der Waals surface area contributed by atoms with E-state index in [2.05, 4.69) is 26.2 Å². The van der Waals surface area contributed by atoms with Gasteiger partial charge in [-0.1, -0.05) is 17.4 Å². The van der Waals surface area contributed by atoms with Crippen LogP contribution in [-0.2, 0) is 4.74 Å². The van der Waals surface area contributed by atoms with E-state index in [0.717, 1.165) is 14.7 Å². The number of ether oxygens (including phenoxy) is 1. The van der Waals surface area contributed by atoms with Crippen LogP contribution < -0.4 is 5.32 Å². The van der Waals surface area contributed by atoms with Crippen molar-refractivity contribution in [3.8, 4) is 0 Å². The van der Waals surface area contributed by atoms with Crippen molar-refractivity contribution in [2.45, 2.75) is 26.4 Å². The molecule has 0 fully saturated rings. The normalized spacial score (nSPS) is 11.6. The summed E-state index contributed by atoms with van der Waals surface area (Å²) in [5, 5.41) is 3.17. The number of carbonyl (C=O) groups is 1. The lowest BCUT2D eigenvalue weighted by Gasteiger charge is -2.18. The lowest BCUT2D eigenvalue weighted by atomic mass is 10.2. The molecule has 0 spiro atoms. The van der Waals surface area contributed by atoms with Gasteiger partial charge >= 0.3 is 6.09 Å². The third-order valence-electron chi connectivity index (χ3n) is 1.98. The minimum atomic E-state index is -0.513. The summed E-state index contributed by atoms with van der Waals surface area (Å²) in [6.07, 6.45) is -0.488. The fraction of sp³-hybridized carbons (Fsp3) is 0.333. The van der Waals surface area contributed by atoms with E-state index >= 15 is 0 Å². The fourth-order valence-corrected chi connectivity index (χ4v) is 2.82. The molecule has 0 atom stereocenters. The number of thiazole rings is 1. The third kappa shape index (κ3) is 3.20. The van der Waals surface area contributed by atoms with Crippen LogP contribution in [-0.4, -0.2) is 16.7 Å². The summed E-state index contributed by atoms with van der Waals surface area (Å²) in [6, 6.07) is 5.80. The Kier molecular flexibility index (Phi) is 3.59. The van der Waals surface area contributed by atoms with E-state index in [1.54, 1.807) is 0 Å². The largest absolute Gasteiger partial charge is 0.444 e. The van der Waals surface area contributed by atoms with Gasteiger partial charge in [-0.2, -0.15) is 0 Å². The van der Waals surface area contributed by atoms with E-state index in [4.69, 9.17) is 4.74 Å². The molecule has 96 valence electrons. The van der Waals surface area contributed by atoms with Crippen LogP contribution >= 0.6 is 27.3 Å². The number of rotatable bonds is 1. The van der Waals surface area contributed by atoms with Crippen molar-refractivity contribution in [3.05, 3.63) is 22.7 Å². The van der Waals surface area contributed by atoms with Crippen molar-refractivity contribution in [1.82, 2.24) is 4.98 Å². The van der Waals surface area contributed by atoms with Crippen molar-refractivity contribution in [2.24, 2.45) is 0 Å². The number of nitrogens with one attached hydrogen (secondary N) is 1. The second kappa shape index (κ2) is 4.85. The first-order chi connectivity index (χ1) is 8.35. The minimum absolute atomic E-state index is 0.488. The van der Waals surface area contributed by atoms with Crippen LogP contribution in [0.2, 0.25) is 0 Å². The van der Waals surface area contributed by atoms with E-state index in [-0.39, 0.29) is 0 Å². The van der Waals surface area contributed by atoms with Crippen LogP contribution in [0.4, 0.5) is 9.93 Å². The maximum absolute atomic E-state index is 11.6. The first-order valence-electron chi connectivity index (χ1n) is 5.40. The van der Waals surface area contributed by atoms with Gasteiger partial charge in [-0.3, -0.25) is 5.32 Å². The molecule has 1 amide bonds. The highest BCUT2D eigenvalue weighted by Gasteiger charge is 2.17. The van der Waals surface area contributed by atoms with E-state index < -0.39 is 11.7 Å². The summed E-state index contributed by atoms with van der Waals surface area (Å²) in [5.41, 5.74) is 0.329. The van der Waals surface area contributed by atoms with Crippen LogP contribution in [0, 0.1) is 0 Å². The van der Waals surface area contributed by atoms with Crippen molar-refractivity contribution in [3.63, 3.8) is 0 Å². The van der Waals surface area contributed by atoms with Crippen molar-refractivity contribution >= 4 is 48.7 Å². The van der Waals surface area contributed by atoms with Gasteiger partial charge in [0.05, 0.1) is 10.2 Å². The molecule has 6 heteroatoms. The van der Waals surface area contributed by atoms with E-state index in [9.17, 15) is 4.79 Å². The number of amides is 1. The second-order valence-corrected chi connectivity index (χ2v) is 6.62. The highest BCUT2D eigenvalue weighted by Crippen LogP contribution is 2.30. The molecule has 0 aliphatic heterocycles. The molecule has 0 unspecified atom stereocenters. The summed E-state index contributed by atoms with van der Waals surface area (Å²) < 4.78 is 7.09. The molecule has 18 heavy (non-hydrogen) atoms. The van der Waals surface area contributed by atoms with Gasteiger partial charge in [-0.25, -0.2) is 9.78 Å². The number of halogens is 1. The Morgan fingerprint density at radius 1 is 1.44 bits per heavy atom. The number of nitrogens with zero attached hydrogens (tertiary/aromatic N) is 1. The molecule has 0 saturated heterocycles. The highest BCUT2D eigenvalue weighted by atomic mass is 79.9. The first kappa shape index (κ1) is 13.3. The van der Waals surface area contributed by atoms with Gasteiger partial charge in [0, 0.05) is 4.47 Å². The zero-order chi connectivity index (χ0) is 13.3. The zero-order valence-electron chi connectivity index (χ0n) is 10.3. The van der Waals surface area contributed by atoms with E-state index in [1.807, 2.05) is 39.0 Å². The smallest absolute Gasteiger partial charge is 0.413 e. The number of hydrogen-bond donors (Lipinski definition) is 1. The Hall–Kier alpha value is -1.14.